The molecule has 0 saturated carbocycles. The van der Waals surface area contributed by atoms with Crippen LogP contribution in [-0.2, 0) is 4.79 Å². The summed E-state index contributed by atoms with van der Waals surface area (Å²) >= 11 is 0. The molecule has 0 unspecified atom stereocenters. The Bertz CT molecular complexity index is 383. The summed E-state index contributed by atoms with van der Waals surface area (Å²) in [5, 5.41) is 2.70. The van der Waals surface area contributed by atoms with Crippen molar-refractivity contribution in [3.8, 4) is 5.75 Å². The molecule has 5 heteroatoms. The highest BCUT2D eigenvalue weighted by atomic mass is 35.5. The van der Waals surface area contributed by atoms with Crippen molar-refractivity contribution in [2.45, 2.75) is 20.3 Å². The number of nitrogens with two attached hydrogens (primary N) is 1. The molecule has 0 aliphatic carbocycles. The Balaban J connectivity index is 0.00000289. The normalized spacial score (nSPS) is 9.50. The lowest BCUT2D eigenvalue weighted by atomic mass is 10.1. The second kappa shape index (κ2) is 8.78. The lowest BCUT2D eigenvalue weighted by molar-refractivity contribution is -0.121. The zero-order valence-corrected chi connectivity index (χ0v) is 11.7. The van der Waals surface area contributed by atoms with Crippen molar-refractivity contribution in [1.29, 1.82) is 0 Å². The molecule has 0 fully saturated rings. The summed E-state index contributed by atoms with van der Waals surface area (Å²) in [6.45, 7) is 5.40. The maximum absolute atomic E-state index is 11.3. The molecule has 1 aromatic carbocycles. The van der Waals surface area contributed by atoms with Gasteiger partial charge in [0, 0.05) is 13.1 Å². The predicted octanol–water partition coefficient (Wildman–Crippen LogP) is 1.57. The average molecular weight is 273 g/mol. The summed E-state index contributed by atoms with van der Waals surface area (Å²) in [6, 6.07) is 5.99. The van der Waals surface area contributed by atoms with Crippen LogP contribution >= 0.6 is 12.4 Å². The van der Waals surface area contributed by atoms with Crippen LogP contribution in [0.2, 0.25) is 0 Å². The van der Waals surface area contributed by atoms with Gasteiger partial charge in [0.05, 0.1) is 13.0 Å². The van der Waals surface area contributed by atoms with Crippen LogP contribution in [0.5, 0.6) is 5.75 Å². The molecule has 0 atom stereocenters. The molecule has 0 radical (unpaired) electrons. The van der Waals surface area contributed by atoms with E-state index in [1.807, 2.05) is 26.0 Å². The van der Waals surface area contributed by atoms with Crippen molar-refractivity contribution < 1.29 is 9.53 Å². The van der Waals surface area contributed by atoms with E-state index in [9.17, 15) is 4.79 Å². The second-order valence-electron chi connectivity index (χ2n) is 4.01. The average Bonchev–Trinajstić information content (AvgIpc) is 2.29. The number of carbonyl (C=O) groups excluding carboxylic acids is 1. The number of rotatable bonds is 6. The maximum atomic E-state index is 11.3. The van der Waals surface area contributed by atoms with Gasteiger partial charge in [-0.2, -0.15) is 0 Å². The number of halogens is 1. The van der Waals surface area contributed by atoms with Crippen LogP contribution in [0.4, 0.5) is 0 Å². The first kappa shape index (κ1) is 16.7. The van der Waals surface area contributed by atoms with Crippen molar-refractivity contribution in [2.75, 3.05) is 19.7 Å². The maximum Gasteiger partial charge on any atom is 0.223 e. The minimum absolute atomic E-state index is 0. The molecular weight excluding hydrogens is 252 g/mol. The number of hydrogen-bond acceptors (Lipinski definition) is 3. The molecule has 0 spiro atoms. The fourth-order valence-electron chi connectivity index (χ4n) is 1.51. The van der Waals surface area contributed by atoms with Gasteiger partial charge in [-0.3, -0.25) is 4.79 Å². The van der Waals surface area contributed by atoms with Crippen LogP contribution in [0, 0.1) is 13.8 Å². The van der Waals surface area contributed by atoms with Gasteiger partial charge < -0.3 is 15.8 Å². The van der Waals surface area contributed by atoms with Gasteiger partial charge >= 0.3 is 0 Å². The third kappa shape index (κ3) is 5.89. The standard InChI is InChI=1S/C13H20N2O2.ClH/c1-10-3-4-12(11(2)9-10)17-8-5-13(16)15-7-6-14;/h3-4,9H,5-8,14H2,1-2H3,(H,15,16);1H. The predicted molar refractivity (Wildman–Crippen MR) is 75.3 cm³/mol. The van der Waals surface area contributed by atoms with E-state index in [-0.39, 0.29) is 18.3 Å². The van der Waals surface area contributed by atoms with Crippen molar-refractivity contribution in [3.63, 3.8) is 0 Å². The highest BCUT2D eigenvalue weighted by Crippen LogP contribution is 2.18. The Morgan fingerprint density at radius 3 is 2.72 bits per heavy atom. The summed E-state index contributed by atoms with van der Waals surface area (Å²) < 4.78 is 5.55. The number of aryl methyl sites for hydroxylation is 2. The van der Waals surface area contributed by atoms with E-state index < -0.39 is 0 Å². The molecular formula is C13H21ClN2O2. The van der Waals surface area contributed by atoms with Gasteiger partial charge in [0.2, 0.25) is 5.91 Å². The minimum atomic E-state index is -0.0276. The number of amides is 1. The number of carbonyl (C=O) groups is 1. The zero-order valence-electron chi connectivity index (χ0n) is 10.9. The third-order valence-electron chi connectivity index (χ3n) is 2.38. The van der Waals surface area contributed by atoms with Gasteiger partial charge in [0.15, 0.2) is 0 Å². The van der Waals surface area contributed by atoms with Gasteiger partial charge in [0.25, 0.3) is 0 Å². The van der Waals surface area contributed by atoms with Crippen LogP contribution in [-0.4, -0.2) is 25.6 Å². The van der Waals surface area contributed by atoms with Gasteiger partial charge in [-0.15, -0.1) is 12.4 Å². The molecule has 4 nitrogen and oxygen atoms in total. The van der Waals surface area contributed by atoms with E-state index in [1.54, 1.807) is 0 Å². The van der Waals surface area contributed by atoms with E-state index in [0.29, 0.717) is 26.1 Å². The Morgan fingerprint density at radius 2 is 2.11 bits per heavy atom. The van der Waals surface area contributed by atoms with E-state index in [1.165, 1.54) is 5.56 Å². The van der Waals surface area contributed by atoms with E-state index in [4.69, 9.17) is 10.5 Å². The number of nitrogens with one attached hydrogen (secondary N) is 1. The van der Waals surface area contributed by atoms with E-state index in [0.717, 1.165) is 11.3 Å². The van der Waals surface area contributed by atoms with Gasteiger partial charge in [-0.1, -0.05) is 17.7 Å². The molecule has 1 rings (SSSR count). The summed E-state index contributed by atoms with van der Waals surface area (Å²) in [6.07, 6.45) is 0.354. The summed E-state index contributed by atoms with van der Waals surface area (Å²) in [4.78, 5) is 11.3. The van der Waals surface area contributed by atoms with Crippen LogP contribution in [0.15, 0.2) is 18.2 Å². The fourth-order valence-corrected chi connectivity index (χ4v) is 1.51. The first-order valence-electron chi connectivity index (χ1n) is 5.80. The molecule has 0 aromatic heterocycles. The molecule has 0 aliphatic rings. The molecule has 18 heavy (non-hydrogen) atoms. The molecule has 0 heterocycles. The van der Waals surface area contributed by atoms with Crippen molar-refractivity contribution in [2.24, 2.45) is 5.73 Å². The largest absolute Gasteiger partial charge is 0.493 e. The Labute approximate surface area is 114 Å². The fraction of sp³-hybridized carbons (Fsp3) is 0.462. The van der Waals surface area contributed by atoms with Crippen LogP contribution in [0.25, 0.3) is 0 Å². The zero-order chi connectivity index (χ0) is 12.7. The van der Waals surface area contributed by atoms with Crippen LogP contribution in [0.1, 0.15) is 17.5 Å². The highest BCUT2D eigenvalue weighted by molar-refractivity contribution is 5.85. The van der Waals surface area contributed by atoms with E-state index >= 15 is 0 Å². The first-order valence-corrected chi connectivity index (χ1v) is 5.80. The smallest absolute Gasteiger partial charge is 0.223 e. The van der Waals surface area contributed by atoms with Gasteiger partial charge in [0.1, 0.15) is 5.75 Å². The van der Waals surface area contributed by atoms with Crippen molar-refractivity contribution in [1.82, 2.24) is 5.32 Å². The summed E-state index contributed by atoms with van der Waals surface area (Å²) in [5.74, 6) is 0.808. The van der Waals surface area contributed by atoms with Crippen LogP contribution in [0.3, 0.4) is 0 Å². The monoisotopic (exact) mass is 272 g/mol. The first-order chi connectivity index (χ1) is 8.13. The molecule has 0 saturated heterocycles. The SMILES string of the molecule is Cc1ccc(OCCC(=O)NCCN)c(C)c1.Cl. The van der Waals surface area contributed by atoms with Crippen molar-refractivity contribution >= 4 is 18.3 Å². The van der Waals surface area contributed by atoms with Crippen LogP contribution < -0.4 is 15.8 Å². The number of hydrogen-bond donors (Lipinski definition) is 2. The number of ether oxygens (including phenoxy) is 1. The summed E-state index contributed by atoms with van der Waals surface area (Å²) in [5.41, 5.74) is 7.58. The van der Waals surface area contributed by atoms with Gasteiger partial charge in [-0.05, 0) is 25.5 Å². The topological polar surface area (TPSA) is 64.3 Å². The Kier molecular flexibility index (Phi) is 8.16. The molecule has 0 aliphatic heterocycles. The third-order valence-corrected chi connectivity index (χ3v) is 2.38. The summed E-state index contributed by atoms with van der Waals surface area (Å²) in [7, 11) is 0. The second-order valence-corrected chi connectivity index (χ2v) is 4.01. The molecule has 0 bridgehead atoms. The van der Waals surface area contributed by atoms with Crippen molar-refractivity contribution in [3.05, 3.63) is 29.3 Å². The minimum Gasteiger partial charge on any atom is -0.493 e. The quantitative estimate of drug-likeness (QED) is 0.826. The van der Waals surface area contributed by atoms with E-state index in [2.05, 4.69) is 11.4 Å². The molecule has 1 amide bonds. The number of benzene rings is 1. The lowest BCUT2D eigenvalue weighted by Crippen LogP contribution is -2.29. The molecule has 1 aromatic rings. The molecule has 3 N–H and O–H groups in total. The lowest BCUT2D eigenvalue weighted by Gasteiger charge is -2.09. The highest BCUT2D eigenvalue weighted by Gasteiger charge is 2.02. The van der Waals surface area contributed by atoms with Gasteiger partial charge in [-0.25, -0.2) is 0 Å². The molecule has 102 valence electrons. The Hall–Kier alpha value is -1.26. The Morgan fingerprint density at radius 1 is 1.39 bits per heavy atom.